The predicted molar refractivity (Wildman–Crippen MR) is 120 cm³/mol. The lowest BCUT2D eigenvalue weighted by molar-refractivity contribution is -0.138. The standard InChI is InChI=1S/C25H24FN3O3/c1-13-7-16(24(27)30)8-14(2)23(13)15-3-5-21(26)17(9-15)11-28-18-4-6-22(29-12-18)19-10-20(19)25(31)32/h3-9,12,19-20,28H,10-11H2,1-2H3,(H2,27,30)(H,31,32)/t19-,20-/m0/s1. The molecule has 2 aromatic carbocycles. The molecule has 3 aromatic rings. The average molecular weight is 433 g/mol. The highest BCUT2D eigenvalue weighted by molar-refractivity contribution is 5.94. The van der Waals surface area contributed by atoms with E-state index in [4.69, 9.17) is 10.8 Å². The highest BCUT2D eigenvalue weighted by Crippen LogP contribution is 2.46. The van der Waals surface area contributed by atoms with E-state index in [2.05, 4.69) is 10.3 Å². The molecule has 164 valence electrons. The van der Waals surface area contributed by atoms with Crippen molar-refractivity contribution in [1.29, 1.82) is 0 Å². The molecule has 1 amide bonds. The normalized spacial score (nSPS) is 17.1. The summed E-state index contributed by atoms with van der Waals surface area (Å²) in [5.41, 5.74) is 11.4. The molecule has 0 radical (unpaired) electrons. The fourth-order valence-corrected chi connectivity index (χ4v) is 4.15. The first kappa shape index (κ1) is 21.5. The Morgan fingerprint density at radius 2 is 1.88 bits per heavy atom. The molecule has 1 aliphatic carbocycles. The van der Waals surface area contributed by atoms with Gasteiger partial charge in [-0.2, -0.15) is 0 Å². The third-order valence-electron chi connectivity index (χ3n) is 5.91. The predicted octanol–water partition coefficient (Wildman–Crippen LogP) is 4.40. The molecule has 0 aliphatic heterocycles. The summed E-state index contributed by atoms with van der Waals surface area (Å²) >= 11 is 0. The quantitative estimate of drug-likeness (QED) is 0.512. The smallest absolute Gasteiger partial charge is 0.307 e. The van der Waals surface area contributed by atoms with Crippen LogP contribution in [0, 0.1) is 25.6 Å². The number of nitrogens with one attached hydrogen (secondary N) is 1. The van der Waals surface area contributed by atoms with E-state index in [9.17, 15) is 14.0 Å². The summed E-state index contributed by atoms with van der Waals surface area (Å²) in [5, 5.41) is 12.2. The van der Waals surface area contributed by atoms with E-state index in [0.717, 1.165) is 33.6 Å². The molecule has 0 saturated heterocycles. The molecule has 0 unspecified atom stereocenters. The van der Waals surface area contributed by atoms with Crippen molar-refractivity contribution in [2.45, 2.75) is 32.7 Å². The molecule has 4 N–H and O–H groups in total. The SMILES string of the molecule is Cc1cc(C(N)=O)cc(C)c1-c1ccc(F)c(CNc2ccc([C@H]3C[C@@H]3C(=O)O)nc2)c1. The van der Waals surface area contributed by atoms with Gasteiger partial charge in [-0.3, -0.25) is 14.6 Å². The minimum absolute atomic E-state index is 0.0249. The number of benzene rings is 2. The van der Waals surface area contributed by atoms with Crippen LogP contribution >= 0.6 is 0 Å². The van der Waals surface area contributed by atoms with Crippen molar-refractivity contribution in [3.8, 4) is 11.1 Å². The Hall–Kier alpha value is -3.74. The molecule has 0 bridgehead atoms. The Bertz CT molecular complexity index is 1180. The Labute approximate surface area is 185 Å². The number of amides is 1. The number of hydrogen-bond donors (Lipinski definition) is 3. The zero-order valence-electron chi connectivity index (χ0n) is 17.9. The van der Waals surface area contributed by atoms with E-state index >= 15 is 0 Å². The van der Waals surface area contributed by atoms with Gasteiger partial charge < -0.3 is 16.2 Å². The largest absolute Gasteiger partial charge is 0.481 e. The number of nitrogens with zero attached hydrogens (tertiary/aromatic N) is 1. The number of halogens is 1. The van der Waals surface area contributed by atoms with Gasteiger partial charge in [-0.15, -0.1) is 0 Å². The number of carboxylic acids is 1. The van der Waals surface area contributed by atoms with Crippen LogP contribution in [0.25, 0.3) is 11.1 Å². The van der Waals surface area contributed by atoms with Crippen molar-refractivity contribution in [2.75, 3.05) is 5.32 Å². The van der Waals surface area contributed by atoms with E-state index in [1.807, 2.05) is 26.0 Å². The molecule has 1 aliphatic rings. The summed E-state index contributed by atoms with van der Waals surface area (Å²) in [6.45, 7) is 4.06. The molecular weight excluding hydrogens is 409 g/mol. The van der Waals surface area contributed by atoms with E-state index in [1.165, 1.54) is 6.07 Å². The van der Waals surface area contributed by atoms with Gasteiger partial charge in [0, 0.05) is 29.3 Å². The first-order chi connectivity index (χ1) is 15.2. The number of aryl methyl sites for hydroxylation is 2. The summed E-state index contributed by atoms with van der Waals surface area (Å²) in [4.78, 5) is 26.9. The number of carbonyl (C=O) groups is 2. The Morgan fingerprint density at radius 3 is 2.44 bits per heavy atom. The van der Waals surface area contributed by atoms with Crippen LogP contribution in [-0.4, -0.2) is 22.0 Å². The summed E-state index contributed by atoms with van der Waals surface area (Å²) in [6.07, 6.45) is 2.26. The zero-order valence-corrected chi connectivity index (χ0v) is 17.9. The van der Waals surface area contributed by atoms with Crippen molar-refractivity contribution in [3.63, 3.8) is 0 Å². The number of anilines is 1. The number of nitrogens with two attached hydrogens (primary N) is 1. The first-order valence-corrected chi connectivity index (χ1v) is 10.4. The Kier molecular flexibility index (Phi) is 5.65. The molecule has 32 heavy (non-hydrogen) atoms. The van der Waals surface area contributed by atoms with Crippen molar-refractivity contribution in [3.05, 3.63) is 82.4 Å². The maximum atomic E-state index is 14.5. The monoisotopic (exact) mass is 433 g/mol. The topological polar surface area (TPSA) is 105 Å². The number of carbonyl (C=O) groups excluding carboxylic acids is 1. The van der Waals surface area contributed by atoms with Gasteiger partial charge in [-0.05, 0) is 78.9 Å². The second-order valence-electron chi connectivity index (χ2n) is 8.27. The molecule has 0 spiro atoms. The number of carboxylic acid groups (broad SMARTS) is 1. The van der Waals surface area contributed by atoms with Crippen molar-refractivity contribution in [2.24, 2.45) is 11.7 Å². The van der Waals surface area contributed by atoms with Gasteiger partial charge in [0.2, 0.25) is 5.91 Å². The van der Waals surface area contributed by atoms with E-state index in [1.54, 1.807) is 30.5 Å². The van der Waals surface area contributed by atoms with Crippen LogP contribution in [0.15, 0.2) is 48.7 Å². The number of aromatic nitrogens is 1. The van der Waals surface area contributed by atoms with Crippen LogP contribution in [0.4, 0.5) is 10.1 Å². The van der Waals surface area contributed by atoms with Gasteiger partial charge in [-0.1, -0.05) is 6.07 Å². The molecule has 2 atom stereocenters. The van der Waals surface area contributed by atoms with Crippen LogP contribution in [0.5, 0.6) is 0 Å². The van der Waals surface area contributed by atoms with Crippen molar-refractivity contribution < 1.29 is 19.1 Å². The number of primary amides is 1. The molecular formula is C25H24FN3O3. The molecule has 7 heteroatoms. The van der Waals surface area contributed by atoms with Crippen LogP contribution in [-0.2, 0) is 11.3 Å². The van der Waals surface area contributed by atoms with Gasteiger partial charge in [0.25, 0.3) is 0 Å². The molecule has 1 heterocycles. The highest BCUT2D eigenvalue weighted by Gasteiger charge is 2.45. The lowest BCUT2D eigenvalue weighted by atomic mass is 9.92. The molecule has 1 saturated carbocycles. The van der Waals surface area contributed by atoms with Crippen LogP contribution in [0.2, 0.25) is 0 Å². The maximum Gasteiger partial charge on any atom is 0.307 e. The summed E-state index contributed by atoms with van der Waals surface area (Å²) < 4.78 is 14.5. The van der Waals surface area contributed by atoms with Crippen LogP contribution in [0.3, 0.4) is 0 Å². The Morgan fingerprint density at radius 1 is 1.16 bits per heavy atom. The summed E-state index contributed by atoms with van der Waals surface area (Å²) in [7, 11) is 0. The third kappa shape index (κ3) is 4.32. The van der Waals surface area contributed by atoms with Gasteiger partial charge in [0.05, 0.1) is 17.8 Å². The van der Waals surface area contributed by atoms with Gasteiger partial charge in [0.1, 0.15) is 5.82 Å². The van der Waals surface area contributed by atoms with Gasteiger partial charge >= 0.3 is 5.97 Å². The highest BCUT2D eigenvalue weighted by atomic mass is 19.1. The molecule has 4 rings (SSSR count). The maximum absolute atomic E-state index is 14.5. The van der Waals surface area contributed by atoms with E-state index in [0.29, 0.717) is 17.5 Å². The lowest BCUT2D eigenvalue weighted by Crippen LogP contribution is -2.11. The van der Waals surface area contributed by atoms with Crippen LogP contribution in [0.1, 0.15) is 45.1 Å². The minimum atomic E-state index is -0.788. The molecule has 6 nitrogen and oxygen atoms in total. The van der Waals surface area contributed by atoms with E-state index < -0.39 is 11.9 Å². The van der Waals surface area contributed by atoms with Crippen molar-refractivity contribution >= 4 is 17.6 Å². The lowest BCUT2D eigenvalue weighted by Gasteiger charge is -2.14. The Balaban J connectivity index is 1.51. The number of rotatable bonds is 7. The number of hydrogen-bond acceptors (Lipinski definition) is 4. The minimum Gasteiger partial charge on any atom is -0.481 e. The van der Waals surface area contributed by atoms with Gasteiger partial charge in [0.15, 0.2) is 0 Å². The summed E-state index contributed by atoms with van der Waals surface area (Å²) in [6, 6.07) is 12.1. The number of pyridine rings is 1. The molecule has 1 aromatic heterocycles. The fraction of sp³-hybridized carbons (Fsp3) is 0.240. The average Bonchev–Trinajstić information content (AvgIpc) is 3.55. The van der Waals surface area contributed by atoms with Gasteiger partial charge in [-0.25, -0.2) is 4.39 Å². The summed E-state index contributed by atoms with van der Waals surface area (Å²) in [5.74, 6) is -1.96. The number of aliphatic carboxylic acids is 1. The second kappa shape index (κ2) is 8.42. The third-order valence-corrected chi connectivity index (χ3v) is 5.91. The molecule has 1 fully saturated rings. The first-order valence-electron chi connectivity index (χ1n) is 10.4. The van der Waals surface area contributed by atoms with Crippen molar-refractivity contribution in [1.82, 2.24) is 4.98 Å². The fourth-order valence-electron chi connectivity index (χ4n) is 4.15. The zero-order chi connectivity index (χ0) is 23.0. The van der Waals surface area contributed by atoms with Crippen LogP contribution < -0.4 is 11.1 Å². The van der Waals surface area contributed by atoms with E-state index in [-0.39, 0.29) is 24.2 Å². The second-order valence-corrected chi connectivity index (χ2v) is 8.27.